The molecule has 0 amide bonds. The van der Waals surface area contributed by atoms with Crippen LogP contribution in [0.15, 0.2) is 49.1 Å². The van der Waals surface area contributed by atoms with Crippen molar-refractivity contribution in [3.05, 3.63) is 54.6 Å². The van der Waals surface area contributed by atoms with Gasteiger partial charge in [0.1, 0.15) is 12.4 Å². The van der Waals surface area contributed by atoms with E-state index in [1.165, 1.54) is 44.1 Å². The van der Waals surface area contributed by atoms with Crippen LogP contribution in [0.3, 0.4) is 0 Å². The SMILES string of the molecule is C=CCOc1ccc(C2CCC3CC(C=CC)CCC3C2)cc1. The number of allylic oxidation sites excluding steroid dienone is 2. The first-order chi connectivity index (χ1) is 11.3. The third-order valence-corrected chi connectivity index (χ3v) is 5.84. The van der Waals surface area contributed by atoms with Gasteiger partial charge in [0, 0.05) is 0 Å². The molecule has 23 heavy (non-hydrogen) atoms. The predicted octanol–water partition coefficient (Wildman–Crippen LogP) is 6.13. The Morgan fingerprint density at radius 1 is 1.04 bits per heavy atom. The van der Waals surface area contributed by atoms with Crippen molar-refractivity contribution in [1.29, 1.82) is 0 Å². The smallest absolute Gasteiger partial charge is 0.119 e. The van der Waals surface area contributed by atoms with E-state index in [9.17, 15) is 0 Å². The summed E-state index contributed by atoms with van der Waals surface area (Å²) in [6.45, 7) is 6.43. The molecule has 0 aromatic heterocycles. The molecule has 124 valence electrons. The molecule has 0 heterocycles. The molecule has 1 aromatic rings. The van der Waals surface area contributed by atoms with Crippen LogP contribution in [0.5, 0.6) is 5.75 Å². The number of benzene rings is 1. The fourth-order valence-corrected chi connectivity index (χ4v) is 4.67. The first-order valence-electron chi connectivity index (χ1n) is 9.26. The zero-order valence-electron chi connectivity index (χ0n) is 14.4. The molecular formula is C22H30O. The highest BCUT2D eigenvalue weighted by Crippen LogP contribution is 2.47. The second-order valence-electron chi connectivity index (χ2n) is 7.30. The zero-order valence-corrected chi connectivity index (χ0v) is 14.4. The molecule has 2 aliphatic rings. The van der Waals surface area contributed by atoms with Gasteiger partial charge in [0.05, 0.1) is 0 Å². The minimum Gasteiger partial charge on any atom is -0.490 e. The summed E-state index contributed by atoms with van der Waals surface area (Å²) < 4.78 is 5.59. The highest BCUT2D eigenvalue weighted by Gasteiger charge is 2.35. The molecule has 0 saturated heterocycles. The van der Waals surface area contributed by atoms with Crippen molar-refractivity contribution < 1.29 is 4.74 Å². The maximum absolute atomic E-state index is 5.59. The quantitative estimate of drug-likeness (QED) is 0.595. The molecule has 2 saturated carbocycles. The van der Waals surface area contributed by atoms with Gasteiger partial charge in [-0.25, -0.2) is 0 Å². The fraction of sp³-hybridized carbons (Fsp3) is 0.545. The lowest BCUT2D eigenvalue weighted by Crippen LogP contribution is -2.30. The van der Waals surface area contributed by atoms with Crippen molar-refractivity contribution in [1.82, 2.24) is 0 Å². The van der Waals surface area contributed by atoms with E-state index in [2.05, 4.69) is 49.9 Å². The molecule has 4 atom stereocenters. The number of hydrogen-bond donors (Lipinski definition) is 0. The predicted molar refractivity (Wildman–Crippen MR) is 97.9 cm³/mol. The Labute approximate surface area is 141 Å². The number of ether oxygens (including phenoxy) is 1. The van der Waals surface area contributed by atoms with Gasteiger partial charge >= 0.3 is 0 Å². The van der Waals surface area contributed by atoms with Crippen molar-refractivity contribution in [3.63, 3.8) is 0 Å². The van der Waals surface area contributed by atoms with Crippen LogP contribution in [0.4, 0.5) is 0 Å². The molecule has 0 N–H and O–H groups in total. The summed E-state index contributed by atoms with van der Waals surface area (Å²) >= 11 is 0. The van der Waals surface area contributed by atoms with Crippen LogP contribution in [-0.4, -0.2) is 6.61 Å². The van der Waals surface area contributed by atoms with E-state index in [4.69, 9.17) is 4.74 Å². The van der Waals surface area contributed by atoms with E-state index in [1.807, 2.05) is 0 Å². The average Bonchev–Trinajstić information content (AvgIpc) is 2.60. The monoisotopic (exact) mass is 310 g/mol. The number of rotatable bonds is 5. The second kappa shape index (κ2) is 7.86. The topological polar surface area (TPSA) is 9.23 Å². The summed E-state index contributed by atoms with van der Waals surface area (Å²) in [6, 6.07) is 8.78. The maximum Gasteiger partial charge on any atom is 0.119 e. The van der Waals surface area contributed by atoms with Crippen LogP contribution in [0.25, 0.3) is 0 Å². The largest absolute Gasteiger partial charge is 0.490 e. The standard InChI is InChI=1S/C22H30O/c1-3-5-17-6-7-21-16-20(9-8-19(21)15-17)18-10-12-22(13-11-18)23-14-4-2/h3-5,10-13,17,19-21H,2,6-9,14-16H2,1H3. The van der Waals surface area contributed by atoms with Crippen molar-refractivity contribution in [2.24, 2.45) is 17.8 Å². The van der Waals surface area contributed by atoms with Crippen LogP contribution in [0.1, 0.15) is 56.9 Å². The Bertz CT molecular complexity index is 527. The fourth-order valence-electron chi connectivity index (χ4n) is 4.67. The summed E-state index contributed by atoms with van der Waals surface area (Å²) in [5, 5.41) is 0. The van der Waals surface area contributed by atoms with E-state index in [-0.39, 0.29) is 0 Å². The molecule has 0 aliphatic heterocycles. The Morgan fingerprint density at radius 2 is 1.78 bits per heavy atom. The lowest BCUT2D eigenvalue weighted by Gasteiger charge is -2.41. The minimum atomic E-state index is 0.583. The third kappa shape index (κ3) is 4.07. The summed E-state index contributed by atoms with van der Waals surface area (Å²) in [7, 11) is 0. The van der Waals surface area contributed by atoms with Gasteiger partial charge < -0.3 is 4.74 Å². The van der Waals surface area contributed by atoms with Gasteiger partial charge in [-0.1, -0.05) is 36.9 Å². The van der Waals surface area contributed by atoms with Crippen LogP contribution in [-0.2, 0) is 0 Å². The maximum atomic E-state index is 5.59. The molecule has 1 nitrogen and oxygen atoms in total. The van der Waals surface area contributed by atoms with Gasteiger partial charge in [-0.15, -0.1) is 0 Å². The Morgan fingerprint density at radius 3 is 2.52 bits per heavy atom. The average molecular weight is 310 g/mol. The lowest BCUT2D eigenvalue weighted by molar-refractivity contribution is 0.133. The zero-order chi connectivity index (χ0) is 16.1. The molecule has 0 bridgehead atoms. The van der Waals surface area contributed by atoms with E-state index in [0.717, 1.165) is 29.4 Å². The molecule has 4 unspecified atom stereocenters. The van der Waals surface area contributed by atoms with E-state index >= 15 is 0 Å². The lowest BCUT2D eigenvalue weighted by atomic mass is 9.64. The van der Waals surface area contributed by atoms with Crippen LogP contribution in [0.2, 0.25) is 0 Å². The van der Waals surface area contributed by atoms with Gasteiger partial charge in [-0.2, -0.15) is 0 Å². The van der Waals surface area contributed by atoms with Gasteiger partial charge in [-0.3, -0.25) is 0 Å². The van der Waals surface area contributed by atoms with Gasteiger partial charge in [0.25, 0.3) is 0 Å². The Balaban J connectivity index is 1.58. The first-order valence-corrected chi connectivity index (χ1v) is 9.26. The molecule has 0 radical (unpaired) electrons. The van der Waals surface area contributed by atoms with Crippen LogP contribution >= 0.6 is 0 Å². The summed E-state index contributed by atoms with van der Waals surface area (Å²) in [5.41, 5.74) is 1.50. The molecule has 1 aromatic carbocycles. The molecule has 1 heteroatoms. The summed E-state index contributed by atoms with van der Waals surface area (Å²) in [5.74, 6) is 4.47. The first kappa shape index (κ1) is 16.4. The highest BCUT2D eigenvalue weighted by molar-refractivity contribution is 5.30. The Hall–Kier alpha value is -1.50. The number of fused-ring (bicyclic) bond motifs is 1. The molecule has 2 aliphatic carbocycles. The van der Waals surface area contributed by atoms with Crippen molar-refractivity contribution in [2.45, 2.75) is 51.4 Å². The minimum absolute atomic E-state index is 0.583. The summed E-state index contributed by atoms with van der Waals surface area (Å²) in [4.78, 5) is 0. The Kier molecular flexibility index (Phi) is 5.59. The molecule has 2 fully saturated rings. The molecule has 3 rings (SSSR count). The van der Waals surface area contributed by atoms with Crippen molar-refractivity contribution in [2.75, 3.05) is 6.61 Å². The van der Waals surface area contributed by atoms with E-state index in [1.54, 1.807) is 6.08 Å². The second-order valence-corrected chi connectivity index (χ2v) is 7.30. The van der Waals surface area contributed by atoms with Gasteiger partial charge in [0.2, 0.25) is 0 Å². The third-order valence-electron chi connectivity index (χ3n) is 5.84. The van der Waals surface area contributed by atoms with Gasteiger partial charge in [-0.05, 0) is 86.8 Å². The molecule has 0 spiro atoms. The molecular weight excluding hydrogens is 280 g/mol. The highest BCUT2D eigenvalue weighted by atomic mass is 16.5. The van der Waals surface area contributed by atoms with Gasteiger partial charge in [0.15, 0.2) is 0 Å². The summed E-state index contributed by atoms with van der Waals surface area (Å²) in [6.07, 6.45) is 14.9. The number of hydrogen-bond acceptors (Lipinski definition) is 1. The van der Waals surface area contributed by atoms with E-state index in [0.29, 0.717) is 6.61 Å². The van der Waals surface area contributed by atoms with Crippen molar-refractivity contribution in [3.8, 4) is 5.75 Å². The van der Waals surface area contributed by atoms with Crippen LogP contribution in [0, 0.1) is 17.8 Å². The van der Waals surface area contributed by atoms with E-state index < -0.39 is 0 Å². The van der Waals surface area contributed by atoms with Crippen molar-refractivity contribution >= 4 is 0 Å². The van der Waals surface area contributed by atoms with Crippen LogP contribution < -0.4 is 4.74 Å². The normalized spacial score (nSPS) is 30.8.